The first-order valence-electron chi connectivity index (χ1n) is 6.18. The summed E-state index contributed by atoms with van der Waals surface area (Å²) in [4.78, 5) is 16.6. The van der Waals surface area contributed by atoms with Crippen molar-refractivity contribution >= 4 is 5.78 Å². The molecule has 0 aliphatic rings. The number of carbonyl (C=O) groups is 1. The topological polar surface area (TPSA) is 30.0 Å². The summed E-state index contributed by atoms with van der Waals surface area (Å²) in [5, 5.41) is 0. The summed E-state index contributed by atoms with van der Waals surface area (Å²) in [6.45, 7) is 6.05. The van der Waals surface area contributed by atoms with Crippen LogP contribution in [-0.2, 0) is 6.42 Å². The quantitative estimate of drug-likeness (QED) is 0.767. The number of aromatic nitrogens is 1. The van der Waals surface area contributed by atoms with Crippen molar-refractivity contribution in [1.82, 2.24) is 4.98 Å². The lowest BCUT2D eigenvalue weighted by molar-refractivity contribution is 0.103. The molecular weight excluding hydrogens is 222 g/mol. The van der Waals surface area contributed by atoms with Gasteiger partial charge < -0.3 is 0 Å². The van der Waals surface area contributed by atoms with Gasteiger partial charge in [-0.25, -0.2) is 0 Å². The van der Waals surface area contributed by atoms with Crippen molar-refractivity contribution in [3.05, 3.63) is 64.5 Å². The minimum Gasteiger partial charge on any atom is -0.289 e. The number of ketones is 1. The molecule has 0 N–H and O–H groups in total. The third-order valence-electron chi connectivity index (χ3n) is 3.16. The number of carbonyl (C=O) groups excluding carboxylic acids is 1. The average Bonchev–Trinajstić information content (AvgIpc) is 2.38. The number of hydrogen-bond acceptors (Lipinski definition) is 2. The Hall–Kier alpha value is -1.96. The molecule has 2 heteroatoms. The molecule has 0 aliphatic carbocycles. The van der Waals surface area contributed by atoms with Crippen LogP contribution in [-0.4, -0.2) is 10.8 Å². The van der Waals surface area contributed by atoms with Crippen molar-refractivity contribution in [2.24, 2.45) is 0 Å². The van der Waals surface area contributed by atoms with Gasteiger partial charge in [-0.05, 0) is 37.5 Å². The first kappa shape index (κ1) is 12.5. The maximum Gasteiger partial charge on any atom is 0.193 e. The van der Waals surface area contributed by atoms with Crippen molar-refractivity contribution in [3.8, 4) is 0 Å². The van der Waals surface area contributed by atoms with E-state index >= 15 is 0 Å². The Labute approximate surface area is 108 Å². The van der Waals surface area contributed by atoms with E-state index < -0.39 is 0 Å². The Morgan fingerprint density at radius 1 is 1.17 bits per heavy atom. The second-order valence-corrected chi connectivity index (χ2v) is 4.53. The van der Waals surface area contributed by atoms with Gasteiger partial charge in [0.05, 0.1) is 0 Å². The minimum atomic E-state index is 0.0896. The van der Waals surface area contributed by atoms with Crippen LogP contribution in [0.3, 0.4) is 0 Å². The van der Waals surface area contributed by atoms with Gasteiger partial charge in [-0.2, -0.15) is 0 Å². The highest BCUT2D eigenvalue weighted by Crippen LogP contribution is 2.18. The van der Waals surface area contributed by atoms with Gasteiger partial charge >= 0.3 is 0 Å². The number of pyridine rings is 1. The highest BCUT2D eigenvalue weighted by molar-refractivity contribution is 6.10. The molecule has 0 bridgehead atoms. The van der Waals surface area contributed by atoms with Crippen molar-refractivity contribution in [2.75, 3.05) is 0 Å². The first-order chi connectivity index (χ1) is 8.63. The fraction of sp³-hybridized carbons (Fsp3) is 0.250. The number of hydrogen-bond donors (Lipinski definition) is 0. The van der Waals surface area contributed by atoms with Crippen LogP contribution in [0.2, 0.25) is 0 Å². The average molecular weight is 239 g/mol. The zero-order valence-corrected chi connectivity index (χ0v) is 11.0. The molecule has 0 saturated carbocycles. The fourth-order valence-electron chi connectivity index (χ4n) is 2.14. The van der Waals surface area contributed by atoms with Gasteiger partial charge in [0, 0.05) is 23.5 Å². The molecular formula is C16H17NO. The highest BCUT2D eigenvalue weighted by Gasteiger charge is 2.14. The van der Waals surface area contributed by atoms with Crippen molar-refractivity contribution in [2.45, 2.75) is 27.2 Å². The smallest absolute Gasteiger partial charge is 0.193 e. The van der Waals surface area contributed by atoms with E-state index in [-0.39, 0.29) is 5.78 Å². The third kappa shape index (κ3) is 2.33. The molecule has 2 nitrogen and oxygen atoms in total. The molecule has 1 aromatic heterocycles. The van der Waals surface area contributed by atoms with Crippen LogP contribution in [0.15, 0.2) is 36.7 Å². The van der Waals surface area contributed by atoms with Crippen molar-refractivity contribution < 1.29 is 4.79 Å². The van der Waals surface area contributed by atoms with Gasteiger partial charge in [0.2, 0.25) is 0 Å². The lowest BCUT2D eigenvalue weighted by Crippen LogP contribution is -2.07. The Morgan fingerprint density at radius 2 is 1.94 bits per heavy atom. The maximum atomic E-state index is 12.5. The summed E-state index contributed by atoms with van der Waals surface area (Å²) in [6, 6.07) is 7.74. The lowest BCUT2D eigenvalue weighted by atomic mass is 9.95. The van der Waals surface area contributed by atoms with Crippen LogP contribution < -0.4 is 0 Å². The molecule has 0 amide bonds. The van der Waals surface area contributed by atoms with Crippen LogP contribution in [0.5, 0.6) is 0 Å². The zero-order chi connectivity index (χ0) is 13.1. The second kappa shape index (κ2) is 5.13. The van der Waals surface area contributed by atoms with Crippen LogP contribution in [0.4, 0.5) is 0 Å². The molecule has 1 heterocycles. The van der Waals surface area contributed by atoms with Gasteiger partial charge in [-0.1, -0.05) is 30.7 Å². The van der Waals surface area contributed by atoms with E-state index in [0.717, 1.165) is 28.7 Å². The molecule has 0 aliphatic heterocycles. The Morgan fingerprint density at radius 3 is 2.61 bits per heavy atom. The number of rotatable bonds is 3. The van der Waals surface area contributed by atoms with Crippen molar-refractivity contribution in [1.29, 1.82) is 0 Å². The van der Waals surface area contributed by atoms with Gasteiger partial charge in [0.25, 0.3) is 0 Å². The second-order valence-electron chi connectivity index (χ2n) is 4.53. The van der Waals surface area contributed by atoms with Crippen LogP contribution in [0.1, 0.15) is 39.5 Å². The SMILES string of the molecule is CCc1cnccc1C(=O)c1ccc(C)cc1C. The van der Waals surface area contributed by atoms with E-state index in [0.29, 0.717) is 0 Å². The highest BCUT2D eigenvalue weighted by atomic mass is 16.1. The van der Waals surface area contributed by atoms with E-state index in [2.05, 4.69) is 4.98 Å². The molecule has 0 spiro atoms. The zero-order valence-electron chi connectivity index (χ0n) is 11.0. The van der Waals surface area contributed by atoms with E-state index in [1.165, 1.54) is 5.56 Å². The molecule has 0 unspecified atom stereocenters. The summed E-state index contributed by atoms with van der Waals surface area (Å²) >= 11 is 0. The summed E-state index contributed by atoms with van der Waals surface area (Å²) in [5.41, 5.74) is 4.75. The predicted molar refractivity (Wildman–Crippen MR) is 73.0 cm³/mol. The van der Waals surface area contributed by atoms with Crippen LogP contribution >= 0.6 is 0 Å². The molecule has 1 aromatic carbocycles. The molecule has 0 saturated heterocycles. The van der Waals surface area contributed by atoms with Crippen LogP contribution in [0.25, 0.3) is 0 Å². The van der Waals surface area contributed by atoms with E-state index in [1.54, 1.807) is 18.5 Å². The largest absolute Gasteiger partial charge is 0.289 e. The normalized spacial score (nSPS) is 10.4. The number of benzene rings is 1. The Bertz CT molecular complexity index is 587. The minimum absolute atomic E-state index is 0.0896. The molecule has 0 radical (unpaired) electrons. The molecule has 2 aromatic rings. The predicted octanol–water partition coefficient (Wildman–Crippen LogP) is 3.49. The van der Waals surface area contributed by atoms with Gasteiger partial charge in [0.15, 0.2) is 5.78 Å². The molecule has 0 atom stereocenters. The summed E-state index contributed by atoms with van der Waals surface area (Å²) in [6.07, 6.45) is 4.27. The molecule has 92 valence electrons. The van der Waals surface area contributed by atoms with Crippen LogP contribution in [0, 0.1) is 13.8 Å². The molecule has 2 rings (SSSR count). The lowest BCUT2D eigenvalue weighted by Gasteiger charge is -2.09. The number of nitrogens with zero attached hydrogens (tertiary/aromatic N) is 1. The maximum absolute atomic E-state index is 12.5. The van der Waals surface area contributed by atoms with E-state index in [4.69, 9.17) is 0 Å². The third-order valence-corrected chi connectivity index (χ3v) is 3.16. The van der Waals surface area contributed by atoms with Gasteiger partial charge in [-0.3, -0.25) is 9.78 Å². The van der Waals surface area contributed by atoms with E-state index in [1.807, 2.05) is 39.0 Å². The Balaban J connectivity index is 2.48. The fourth-order valence-corrected chi connectivity index (χ4v) is 2.14. The monoisotopic (exact) mass is 239 g/mol. The standard InChI is InChI=1S/C16H17NO/c1-4-13-10-17-8-7-15(13)16(18)14-6-5-11(2)9-12(14)3/h5-10H,4H2,1-3H3. The molecule has 18 heavy (non-hydrogen) atoms. The number of aryl methyl sites for hydroxylation is 3. The van der Waals surface area contributed by atoms with Crippen molar-refractivity contribution in [3.63, 3.8) is 0 Å². The summed E-state index contributed by atoms with van der Waals surface area (Å²) in [7, 11) is 0. The first-order valence-corrected chi connectivity index (χ1v) is 6.18. The molecule has 0 fully saturated rings. The van der Waals surface area contributed by atoms with Gasteiger partial charge in [0.1, 0.15) is 0 Å². The van der Waals surface area contributed by atoms with E-state index in [9.17, 15) is 4.79 Å². The summed E-state index contributed by atoms with van der Waals surface area (Å²) < 4.78 is 0. The Kier molecular flexibility index (Phi) is 3.56. The van der Waals surface area contributed by atoms with Gasteiger partial charge in [-0.15, -0.1) is 0 Å². The summed E-state index contributed by atoms with van der Waals surface area (Å²) in [5.74, 6) is 0.0896.